The van der Waals surface area contributed by atoms with Crippen LogP contribution in [0.15, 0.2) is 28.2 Å². The predicted octanol–water partition coefficient (Wildman–Crippen LogP) is 2.10. The van der Waals surface area contributed by atoms with Crippen LogP contribution >= 0.6 is 0 Å². The highest BCUT2D eigenvalue weighted by Gasteiger charge is 2.14. The molecule has 3 aromatic heterocycles. The molecule has 0 bridgehead atoms. The minimum Gasteiger partial charge on any atom is -0.303 e. The standard InChI is InChI=1S/C17H22N8O/c1-10(2)25-15(6-7-19-25)24-11(3)8-14(13(24)5)9-18-22-17-20-16(26)12(4)21-23-17/h6-10H,1-5H3,(H2,20,22,23,26)/b18-9-. The molecular formula is C17H22N8O. The van der Waals surface area contributed by atoms with Crippen LogP contribution in [0.25, 0.3) is 5.82 Å². The molecule has 0 spiro atoms. The highest BCUT2D eigenvalue weighted by Crippen LogP contribution is 2.21. The number of aromatic nitrogens is 6. The molecule has 0 saturated heterocycles. The van der Waals surface area contributed by atoms with Crippen molar-refractivity contribution in [1.82, 2.24) is 29.5 Å². The normalized spacial score (nSPS) is 11.6. The van der Waals surface area contributed by atoms with Gasteiger partial charge in [0.1, 0.15) is 11.5 Å². The summed E-state index contributed by atoms with van der Waals surface area (Å²) in [7, 11) is 0. The summed E-state index contributed by atoms with van der Waals surface area (Å²) in [5.74, 6) is 1.21. The third-order valence-electron chi connectivity index (χ3n) is 4.07. The number of hydrogen-bond acceptors (Lipinski definition) is 6. The van der Waals surface area contributed by atoms with Gasteiger partial charge in [0.2, 0.25) is 5.95 Å². The molecule has 0 radical (unpaired) electrons. The van der Waals surface area contributed by atoms with E-state index in [-0.39, 0.29) is 17.5 Å². The van der Waals surface area contributed by atoms with E-state index in [9.17, 15) is 4.79 Å². The summed E-state index contributed by atoms with van der Waals surface area (Å²) in [6, 6.07) is 4.30. The van der Waals surface area contributed by atoms with Crippen LogP contribution in [0, 0.1) is 20.8 Å². The van der Waals surface area contributed by atoms with Gasteiger partial charge in [-0.1, -0.05) is 0 Å². The summed E-state index contributed by atoms with van der Waals surface area (Å²) < 4.78 is 4.12. The molecule has 0 amide bonds. The predicted molar refractivity (Wildman–Crippen MR) is 100 cm³/mol. The molecule has 3 heterocycles. The molecule has 0 aliphatic carbocycles. The zero-order chi connectivity index (χ0) is 18.8. The Kier molecular flexibility index (Phi) is 4.70. The van der Waals surface area contributed by atoms with Crippen molar-refractivity contribution in [2.45, 2.75) is 40.7 Å². The van der Waals surface area contributed by atoms with E-state index in [0.29, 0.717) is 5.69 Å². The Labute approximate surface area is 150 Å². The van der Waals surface area contributed by atoms with Crippen LogP contribution in [0.5, 0.6) is 0 Å². The second kappa shape index (κ2) is 6.95. The first-order chi connectivity index (χ1) is 12.4. The van der Waals surface area contributed by atoms with Gasteiger partial charge < -0.3 is 4.57 Å². The third-order valence-corrected chi connectivity index (χ3v) is 4.07. The number of hydrogen-bond donors (Lipinski definition) is 2. The quantitative estimate of drug-likeness (QED) is 0.539. The summed E-state index contributed by atoms with van der Waals surface area (Å²) >= 11 is 0. The molecule has 0 fully saturated rings. The van der Waals surface area contributed by atoms with E-state index < -0.39 is 0 Å². The zero-order valence-corrected chi connectivity index (χ0v) is 15.5. The second-order valence-corrected chi connectivity index (χ2v) is 6.35. The highest BCUT2D eigenvalue weighted by molar-refractivity contribution is 5.82. The first kappa shape index (κ1) is 17.6. The first-order valence-corrected chi connectivity index (χ1v) is 8.34. The van der Waals surface area contributed by atoms with Crippen molar-refractivity contribution in [3.8, 4) is 5.82 Å². The number of rotatable bonds is 5. The third kappa shape index (κ3) is 3.28. The lowest BCUT2D eigenvalue weighted by atomic mass is 10.3. The SMILES string of the molecule is Cc1nnc(N/N=C\c2cc(C)n(-c3ccnn3C(C)C)c2C)[nH]c1=O. The Balaban J connectivity index is 1.87. The van der Waals surface area contributed by atoms with Crippen molar-refractivity contribution in [1.29, 1.82) is 0 Å². The number of anilines is 1. The summed E-state index contributed by atoms with van der Waals surface area (Å²) in [5.41, 5.74) is 5.78. The Morgan fingerprint density at radius 2 is 2.04 bits per heavy atom. The van der Waals surface area contributed by atoms with Crippen molar-refractivity contribution in [2.24, 2.45) is 5.10 Å². The lowest BCUT2D eigenvalue weighted by Gasteiger charge is -2.14. The first-order valence-electron chi connectivity index (χ1n) is 8.34. The van der Waals surface area contributed by atoms with E-state index in [2.05, 4.69) is 49.2 Å². The van der Waals surface area contributed by atoms with E-state index in [1.807, 2.05) is 30.7 Å². The number of aromatic amines is 1. The fraction of sp³-hybridized carbons (Fsp3) is 0.353. The fourth-order valence-electron chi connectivity index (χ4n) is 2.76. The van der Waals surface area contributed by atoms with Crippen molar-refractivity contribution in [3.63, 3.8) is 0 Å². The molecule has 9 nitrogen and oxygen atoms in total. The second-order valence-electron chi connectivity index (χ2n) is 6.35. The van der Waals surface area contributed by atoms with Gasteiger partial charge in [-0.2, -0.15) is 10.2 Å². The van der Waals surface area contributed by atoms with Crippen molar-refractivity contribution in [3.05, 3.63) is 51.3 Å². The molecule has 136 valence electrons. The Morgan fingerprint density at radius 1 is 1.27 bits per heavy atom. The van der Waals surface area contributed by atoms with Crippen LogP contribution in [-0.4, -0.2) is 35.7 Å². The number of aryl methyl sites for hydroxylation is 2. The van der Waals surface area contributed by atoms with Gasteiger partial charge >= 0.3 is 0 Å². The number of nitrogens with one attached hydrogen (secondary N) is 2. The molecule has 0 aliphatic rings. The number of hydrazone groups is 1. The molecular weight excluding hydrogens is 332 g/mol. The van der Waals surface area contributed by atoms with Crippen LogP contribution in [0.3, 0.4) is 0 Å². The van der Waals surface area contributed by atoms with Crippen molar-refractivity contribution < 1.29 is 0 Å². The molecule has 9 heteroatoms. The van der Waals surface area contributed by atoms with Crippen LogP contribution in [0.1, 0.15) is 42.5 Å². The summed E-state index contributed by atoms with van der Waals surface area (Å²) in [6.07, 6.45) is 3.49. The maximum Gasteiger partial charge on any atom is 0.274 e. The number of nitrogens with zero attached hydrogens (tertiary/aromatic N) is 6. The lowest BCUT2D eigenvalue weighted by Crippen LogP contribution is -2.15. The van der Waals surface area contributed by atoms with Gasteiger partial charge in [0.15, 0.2) is 0 Å². The van der Waals surface area contributed by atoms with Gasteiger partial charge in [0, 0.05) is 29.1 Å². The molecule has 2 N–H and O–H groups in total. The van der Waals surface area contributed by atoms with Crippen molar-refractivity contribution >= 4 is 12.2 Å². The summed E-state index contributed by atoms with van der Waals surface area (Å²) in [5, 5.41) is 16.2. The Bertz CT molecular complexity index is 1010. The Morgan fingerprint density at radius 3 is 2.73 bits per heavy atom. The molecule has 0 atom stereocenters. The van der Waals surface area contributed by atoms with Gasteiger partial charge in [-0.25, -0.2) is 10.1 Å². The summed E-state index contributed by atoms with van der Waals surface area (Å²) in [4.78, 5) is 14.1. The highest BCUT2D eigenvalue weighted by atomic mass is 16.1. The van der Waals surface area contributed by atoms with Gasteiger partial charge in [0.05, 0.1) is 12.4 Å². The molecule has 0 aromatic carbocycles. The maximum absolute atomic E-state index is 11.5. The van der Waals surface area contributed by atoms with Gasteiger partial charge in [0.25, 0.3) is 5.56 Å². The van der Waals surface area contributed by atoms with Gasteiger partial charge in [-0.05, 0) is 40.7 Å². The smallest absolute Gasteiger partial charge is 0.274 e. The maximum atomic E-state index is 11.5. The molecule has 0 unspecified atom stereocenters. The largest absolute Gasteiger partial charge is 0.303 e. The molecule has 0 saturated carbocycles. The van der Waals surface area contributed by atoms with Crippen LogP contribution in [-0.2, 0) is 0 Å². The topological polar surface area (TPSA) is 106 Å². The minimum absolute atomic E-state index is 0.198. The molecule has 26 heavy (non-hydrogen) atoms. The Hall–Kier alpha value is -3.23. The number of H-pyrrole nitrogens is 1. The van der Waals surface area contributed by atoms with Gasteiger partial charge in [-0.3, -0.25) is 9.78 Å². The van der Waals surface area contributed by atoms with Crippen LogP contribution in [0.4, 0.5) is 5.95 Å². The average molecular weight is 354 g/mol. The monoisotopic (exact) mass is 354 g/mol. The van der Waals surface area contributed by atoms with Gasteiger partial charge in [-0.15, -0.1) is 10.2 Å². The van der Waals surface area contributed by atoms with Crippen LogP contribution in [0.2, 0.25) is 0 Å². The van der Waals surface area contributed by atoms with Crippen molar-refractivity contribution in [2.75, 3.05) is 5.43 Å². The minimum atomic E-state index is -0.294. The van der Waals surface area contributed by atoms with E-state index in [1.165, 1.54) is 0 Å². The molecule has 3 aromatic rings. The van der Waals surface area contributed by atoms with Crippen LogP contribution < -0.4 is 11.0 Å². The average Bonchev–Trinajstić information content (AvgIpc) is 3.16. The summed E-state index contributed by atoms with van der Waals surface area (Å²) in [6.45, 7) is 9.86. The van der Waals surface area contributed by atoms with E-state index in [4.69, 9.17) is 0 Å². The molecule has 0 aliphatic heterocycles. The van der Waals surface area contributed by atoms with E-state index in [0.717, 1.165) is 22.8 Å². The molecule has 3 rings (SSSR count). The van der Waals surface area contributed by atoms with E-state index in [1.54, 1.807) is 19.3 Å². The fourth-order valence-corrected chi connectivity index (χ4v) is 2.76. The zero-order valence-electron chi connectivity index (χ0n) is 15.5. The lowest BCUT2D eigenvalue weighted by molar-refractivity contribution is 0.519. The van der Waals surface area contributed by atoms with E-state index >= 15 is 0 Å².